The van der Waals surface area contributed by atoms with Gasteiger partial charge in [0.05, 0.1) is 26.5 Å². The summed E-state index contributed by atoms with van der Waals surface area (Å²) in [6.07, 6.45) is 1.61. The number of aliphatic imine (C=N–C) groups is 1. The standard InChI is InChI=1S/C21H16BrCl2N3O5S/c1-10(28)25-21-27-20(30)17(33-21)7-11-5-13(22)19(16(6-11)31-2)32-9-18(29)26-12-3-4-14(23)15(24)8-12/h3-8H,9H2,1-2H3,(H,26,29)(H,25,27,28,30)/b17-7+. The Morgan fingerprint density at radius 2 is 1.94 bits per heavy atom. The van der Waals surface area contributed by atoms with Crippen LogP contribution in [0.5, 0.6) is 11.5 Å². The average molecular weight is 573 g/mol. The molecule has 1 aliphatic rings. The van der Waals surface area contributed by atoms with E-state index in [2.05, 4.69) is 31.6 Å². The lowest BCUT2D eigenvalue weighted by molar-refractivity contribution is -0.118. The third kappa shape index (κ3) is 6.73. The third-order valence-corrected chi connectivity index (χ3v) is 6.23. The molecule has 3 rings (SSSR count). The van der Waals surface area contributed by atoms with Gasteiger partial charge in [0.1, 0.15) is 0 Å². The summed E-state index contributed by atoms with van der Waals surface area (Å²) in [6.45, 7) is 1.04. The molecule has 0 saturated heterocycles. The summed E-state index contributed by atoms with van der Waals surface area (Å²) in [5.41, 5.74) is 1.10. The number of carbonyl (C=O) groups excluding carboxylic acids is 3. The van der Waals surface area contributed by atoms with E-state index in [1.165, 1.54) is 20.1 Å². The smallest absolute Gasteiger partial charge is 0.286 e. The fourth-order valence-electron chi connectivity index (χ4n) is 2.64. The van der Waals surface area contributed by atoms with Crippen LogP contribution >= 0.6 is 50.9 Å². The van der Waals surface area contributed by atoms with Crippen molar-refractivity contribution in [3.63, 3.8) is 0 Å². The Morgan fingerprint density at radius 1 is 1.18 bits per heavy atom. The van der Waals surface area contributed by atoms with Crippen molar-refractivity contribution in [3.8, 4) is 11.5 Å². The maximum absolute atomic E-state index is 12.3. The molecule has 2 aromatic rings. The molecule has 1 heterocycles. The number of ether oxygens (including phenoxy) is 2. The minimum absolute atomic E-state index is 0.220. The number of anilines is 1. The number of hydrogen-bond acceptors (Lipinski definition) is 6. The Balaban J connectivity index is 1.70. The van der Waals surface area contributed by atoms with Crippen LogP contribution in [0.1, 0.15) is 12.5 Å². The fourth-order valence-corrected chi connectivity index (χ4v) is 4.37. The monoisotopic (exact) mass is 571 g/mol. The van der Waals surface area contributed by atoms with Crippen LogP contribution in [0.3, 0.4) is 0 Å². The van der Waals surface area contributed by atoms with E-state index in [0.29, 0.717) is 42.2 Å². The van der Waals surface area contributed by atoms with Crippen molar-refractivity contribution in [1.82, 2.24) is 5.32 Å². The number of nitrogens with zero attached hydrogens (tertiary/aromatic N) is 1. The quantitative estimate of drug-likeness (QED) is 0.477. The first-order chi connectivity index (χ1) is 15.7. The van der Waals surface area contributed by atoms with Crippen molar-refractivity contribution in [2.45, 2.75) is 6.92 Å². The molecule has 0 aliphatic carbocycles. The predicted molar refractivity (Wildman–Crippen MR) is 133 cm³/mol. The highest BCUT2D eigenvalue weighted by Crippen LogP contribution is 2.38. The molecular weight excluding hydrogens is 557 g/mol. The molecule has 0 saturated carbocycles. The normalized spacial score (nSPS) is 14.2. The molecule has 0 radical (unpaired) electrons. The number of halogens is 3. The van der Waals surface area contributed by atoms with Crippen LogP contribution in [0.15, 0.2) is 44.7 Å². The molecule has 172 valence electrons. The van der Waals surface area contributed by atoms with Gasteiger partial charge in [-0.2, -0.15) is 4.99 Å². The lowest BCUT2D eigenvalue weighted by Gasteiger charge is -2.14. The Labute approximate surface area is 211 Å². The first kappa shape index (κ1) is 25.1. The number of carbonyl (C=O) groups is 3. The van der Waals surface area contributed by atoms with E-state index in [-0.39, 0.29) is 17.7 Å². The van der Waals surface area contributed by atoms with Gasteiger partial charge in [-0.1, -0.05) is 23.2 Å². The summed E-state index contributed by atoms with van der Waals surface area (Å²) in [5, 5.41) is 6.07. The maximum Gasteiger partial charge on any atom is 0.286 e. The molecule has 0 fully saturated rings. The van der Waals surface area contributed by atoms with Crippen LogP contribution in [0.2, 0.25) is 10.0 Å². The molecule has 3 amide bonds. The van der Waals surface area contributed by atoms with Gasteiger partial charge in [-0.15, -0.1) is 0 Å². The second-order valence-electron chi connectivity index (χ2n) is 6.51. The molecule has 8 nitrogen and oxygen atoms in total. The number of methoxy groups -OCH3 is 1. The van der Waals surface area contributed by atoms with Gasteiger partial charge in [-0.3, -0.25) is 14.4 Å². The largest absolute Gasteiger partial charge is 0.493 e. The van der Waals surface area contributed by atoms with Gasteiger partial charge >= 0.3 is 0 Å². The first-order valence-electron chi connectivity index (χ1n) is 9.21. The van der Waals surface area contributed by atoms with Gasteiger partial charge in [0.15, 0.2) is 23.3 Å². The van der Waals surface area contributed by atoms with Crippen molar-refractivity contribution in [3.05, 3.63) is 55.3 Å². The summed E-state index contributed by atoms with van der Waals surface area (Å²) in [4.78, 5) is 39.7. The van der Waals surface area contributed by atoms with E-state index in [9.17, 15) is 14.4 Å². The SMILES string of the molecule is COc1cc(/C=C2/SC(NC(C)=O)=NC2=O)cc(Br)c1OCC(=O)Nc1ccc(Cl)c(Cl)c1. The molecule has 2 aromatic carbocycles. The second-order valence-corrected chi connectivity index (χ2v) is 9.21. The van der Waals surface area contributed by atoms with Crippen LogP contribution in [-0.4, -0.2) is 36.6 Å². The number of hydrogen-bond donors (Lipinski definition) is 2. The lowest BCUT2D eigenvalue weighted by atomic mass is 10.2. The topological polar surface area (TPSA) is 106 Å². The summed E-state index contributed by atoms with van der Waals surface area (Å²) in [6, 6.07) is 8.07. The van der Waals surface area contributed by atoms with E-state index in [4.69, 9.17) is 32.7 Å². The van der Waals surface area contributed by atoms with Gasteiger partial charge in [-0.05, 0) is 69.7 Å². The summed E-state index contributed by atoms with van der Waals surface area (Å²) in [7, 11) is 1.45. The van der Waals surface area contributed by atoms with Gasteiger partial charge in [-0.25, -0.2) is 0 Å². The zero-order chi connectivity index (χ0) is 24.1. The molecule has 12 heteroatoms. The molecule has 33 heavy (non-hydrogen) atoms. The number of nitrogens with one attached hydrogen (secondary N) is 2. The molecule has 0 atom stereocenters. The van der Waals surface area contributed by atoms with Gasteiger partial charge in [0.25, 0.3) is 11.8 Å². The lowest BCUT2D eigenvalue weighted by Crippen LogP contribution is -2.23. The Kier molecular flexibility index (Phi) is 8.41. The van der Waals surface area contributed by atoms with Crippen LogP contribution in [0.4, 0.5) is 5.69 Å². The highest BCUT2D eigenvalue weighted by atomic mass is 79.9. The Hall–Kier alpha value is -2.53. The third-order valence-electron chi connectivity index (χ3n) is 4.00. The van der Waals surface area contributed by atoms with E-state index < -0.39 is 11.8 Å². The predicted octanol–water partition coefficient (Wildman–Crippen LogP) is 4.89. The molecule has 2 N–H and O–H groups in total. The van der Waals surface area contributed by atoms with Crippen LogP contribution in [-0.2, 0) is 14.4 Å². The number of amides is 3. The summed E-state index contributed by atoms with van der Waals surface area (Å²) in [5.74, 6) is -0.534. The molecule has 0 bridgehead atoms. The highest BCUT2D eigenvalue weighted by molar-refractivity contribution is 9.10. The minimum atomic E-state index is -0.460. The molecule has 0 unspecified atom stereocenters. The average Bonchev–Trinajstić information content (AvgIpc) is 3.07. The number of benzene rings is 2. The van der Waals surface area contributed by atoms with Crippen LogP contribution in [0, 0.1) is 0 Å². The van der Waals surface area contributed by atoms with Crippen molar-refractivity contribution in [2.24, 2.45) is 4.99 Å². The maximum atomic E-state index is 12.3. The summed E-state index contributed by atoms with van der Waals surface area (Å²) < 4.78 is 11.5. The van der Waals surface area contributed by atoms with E-state index in [1.54, 1.807) is 30.3 Å². The van der Waals surface area contributed by atoms with Crippen LogP contribution < -0.4 is 20.1 Å². The van der Waals surface area contributed by atoms with E-state index in [0.717, 1.165) is 11.8 Å². The summed E-state index contributed by atoms with van der Waals surface area (Å²) >= 11 is 16.3. The number of rotatable bonds is 6. The van der Waals surface area contributed by atoms with E-state index >= 15 is 0 Å². The Bertz CT molecular complexity index is 1200. The van der Waals surface area contributed by atoms with Crippen LogP contribution in [0.25, 0.3) is 6.08 Å². The molecular formula is C21H16BrCl2N3O5S. The number of thioether (sulfide) groups is 1. The first-order valence-corrected chi connectivity index (χ1v) is 11.6. The Morgan fingerprint density at radius 3 is 2.61 bits per heavy atom. The van der Waals surface area contributed by atoms with Gasteiger partial charge < -0.3 is 20.1 Å². The zero-order valence-electron chi connectivity index (χ0n) is 17.2. The second kappa shape index (κ2) is 11.1. The van der Waals surface area contributed by atoms with Gasteiger partial charge in [0, 0.05) is 12.6 Å². The van der Waals surface area contributed by atoms with Gasteiger partial charge in [0.2, 0.25) is 5.91 Å². The van der Waals surface area contributed by atoms with Crippen molar-refractivity contribution in [2.75, 3.05) is 19.0 Å². The fraction of sp³-hybridized carbons (Fsp3) is 0.143. The van der Waals surface area contributed by atoms with Crippen molar-refractivity contribution >= 4 is 85.5 Å². The van der Waals surface area contributed by atoms with Crippen molar-refractivity contribution < 1.29 is 23.9 Å². The van der Waals surface area contributed by atoms with Crippen molar-refractivity contribution in [1.29, 1.82) is 0 Å². The number of amidine groups is 1. The zero-order valence-corrected chi connectivity index (χ0v) is 21.1. The molecule has 0 spiro atoms. The van der Waals surface area contributed by atoms with E-state index in [1.807, 2.05) is 0 Å². The molecule has 1 aliphatic heterocycles. The minimum Gasteiger partial charge on any atom is -0.493 e. The molecule has 0 aromatic heterocycles. The highest BCUT2D eigenvalue weighted by Gasteiger charge is 2.23.